The number of rotatable bonds is 4. The maximum Gasteiger partial charge on any atom is 0.118 e. The van der Waals surface area contributed by atoms with Gasteiger partial charge < -0.3 is 9.59 Å². The van der Waals surface area contributed by atoms with Gasteiger partial charge in [0.05, 0.1) is 27.7 Å². The lowest BCUT2D eigenvalue weighted by molar-refractivity contribution is -0.870. The van der Waals surface area contributed by atoms with Crippen molar-refractivity contribution in [3.63, 3.8) is 0 Å². The van der Waals surface area contributed by atoms with Gasteiger partial charge in [-0.25, -0.2) is 0 Å². The summed E-state index contributed by atoms with van der Waals surface area (Å²) in [7, 11) is 6.56. The van der Waals surface area contributed by atoms with Gasteiger partial charge in [0, 0.05) is 6.42 Å². The van der Waals surface area contributed by atoms with E-state index in [1.54, 1.807) is 6.07 Å². The molecule has 0 bridgehead atoms. The monoisotopic (exact) mass is 194 g/mol. The molecule has 0 aromatic heterocycles. The van der Waals surface area contributed by atoms with Crippen LogP contribution in [0.1, 0.15) is 12.0 Å². The molecule has 0 fully saturated rings. The summed E-state index contributed by atoms with van der Waals surface area (Å²) in [5.41, 5.74) is 1.06. The van der Waals surface area contributed by atoms with E-state index in [-0.39, 0.29) is 0 Å². The number of phenols is 1. The van der Waals surface area contributed by atoms with Crippen molar-refractivity contribution in [3.8, 4) is 5.75 Å². The smallest absolute Gasteiger partial charge is 0.118 e. The molecule has 1 aromatic carbocycles. The van der Waals surface area contributed by atoms with Crippen LogP contribution in [-0.2, 0) is 6.42 Å². The van der Waals surface area contributed by atoms with Crippen molar-refractivity contribution >= 4 is 0 Å². The van der Waals surface area contributed by atoms with Crippen LogP contribution >= 0.6 is 0 Å². The second-order valence-electron chi connectivity index (χ2n) is 4.75. The lowest BCUT2D eigenvalue weighted by Gasteiger charge is -2.23. The van der Waals surface area contributed by atoms with E-state index in [0.717, 1.165) is 29.4 Å². The van der Waals surface area contributed by atoms with Crippen LogP contribution in [0.15, 0.2) is 24.3 Å². The Hall–Kier alpha value is -1.02. The fraction of sp³-hybridized carbons (Fsp3) is 0.500. The summed E-state index contributed by atoms with van der Waals surface area (Å²) < 4.78 is 0.980. The minimum absolute atomic E-state index is 0.425. The number of benzene rings is 1. The molecule has 0 spiro atoms. The molecule has 1 rings (SSSR count). The van der Waals surface area contributed by atoms with Crippen molar-refractivity contribution in [3.05, 3.63) is 29.8 Å². The molecule has 78 valence electrons. The molecule has 2 heteroatoms. The molecular formula is C12H20NO+. The summed E-state index contributed by atoms with van der Waals surface area (Å²) >= 11 is 0. The van der Waals surface area contributed by atoms with Gasteiger partial charge in [-0.1, -0.05) is 18.2 Å². The van der Waals surface area contributed by atoms with Gasteiger partial charge in [0.1, 0.15) is 5.75 Å². The number of aryl methyl sites for hydroxylation is 1. The Bertz CT molecular complexity index is 289. The lowest BCUT2D eigenvalue weighted by Crippen LogP contribution is -2.35. The van der Waals surface area contributed by atoms with Crippen LogP contribution in [0.25, 0.3) is 0 Å². The zero-order valence-electron chi connectivity index (χ0n) is 9.33. The van der Waals surface area contributed by atoms with Gasteiger partial charge in [0.25, 0.3) is 0 Å². The molecule has 0 saturated heterocycles. The van der Waals surface area contributed by atoms with E-state index in [2.05, 4.69) is 21.1 Å². The second kappa shape index (κ2) is 4.47. The van der Waals surface area contributed by atoms with Crippen molar-refractivity contribution in [2.24, 2.45) is 0 Å². The second-order valence-corrected chi connectivity index (χ2v) is 4.75. The Morgan fingerprint density at radius 3 is 2.36 bits per heavy atom. The Labute approximate surface area is 86.4 Å². The Balaban J connectivity index is 2.43. The summed E-state index contributed by atoms with van der Waals surface area (Å²) in [6, 6.07) is 7.58. The molecule has 0 amide bonds. The summed E-state index contributed by atoms with van der Waals surface area (Å²) in [6.07, 6.45) is 2.07. The molecule has 1 N–H and O–H groups in total. The van der Waals surface area contributed by atoms with E-state index in [9.17, 15) is 5.11 Å². The van der Waals surface area contributed by atoms with Gasteiger partial charge in [-0.2, -0.15) is 0 Å². The first-order chi connectivity index (χ1) is 6.49. The van der Waals surface area contributed by atoms with E-state index in [1.807, 2.05) is 18.2 Å². The first-order valence-electron chi connectivity index (χ1n) is 5.06. The minimum atomic E-state index is 0.425. The highest BCUT2D eigenvalue weighted by molar-refractivity contribution is 5.31. The molecule has 0 heterocycles. The van der Waals surface area contributed by atoms with Crippen LogP contribution in [0.5, 0.6) is 5.75 Å². The highest BCUT2D eigenvalue weighted by Gasteiger charge is 2.07. The van der Waals surface area contributed by atoms with Crippen molar-refractivity contribution < 1.29 is 9.59 Å². The molecular weight excluding hydrogens is 174 g/mol. The van der Waals surface area contributed by atoms with Crippen molar-refractivity contribution in [1.82, 2.24) is 0 Å². The molecule has 0 aliphatic rings. The van der Waals surface area contributed by atoms with Crippen LogP contribution in [0.4, 0.5) is 0 Å². The normalized spacial score (nSPS) is 11.6. The van der Waals surface area contributed by atoms with E-state index in [4.69, 9.17) is 0 Å². The predicted octanol–water partition coefficient (Wildman–Crippen LogP) is 2.03. The van der Waals surface area contributed by atoms with Gasteiger partial charge >= 0.3 is 0 Å². The molecule has 0 aliphatic heterocycles. The topological polar surface area (TPSA) is 20.2 Å². The average Bonchev–Trinajstić information content (AvgIpc) is 2.06. The SMILES string of the molecule is C[N+](C)(C)CCCc1ccccc1O. The quantitative estimate of drug-likeness (QED) is 0.727. The zero-order chi connectivity index (χ0) is 10.6. The number of nitrogens with zero attached hydrogens (tertiary/aromatic N) is 1. The standard InChI is InChI=1S/C12H19NO/c1-13(2,3)10-6-8-11-7-4-5-9-12(11)14/h4-5,7,9H,6,8,10H2,1-3H3/p+1. The molecule has 1 aromatic rings. The van der Waals surface area contributed by atoms with Crippen LogP contribution in [0.2, 0.25) is 0 Å². The lowest BCUT2D eigenvalue weighted by atomic mass is 10.1. The summed E-state index contributed by atoms with van der Waals surface area (Å²) in [4.78, 5) is 0. The molecule has 0 aliphatic carbocycles. The van der Waals surface area contributed by atoms with E-state index in [0.29, 0.717) is 5.75 Å². The van der Waals surface area contributed by atoms with Crippen molar-refractivity contribution in [1.29, 1.82) is 0 Å². The fourth-order valence-corrected chi connectivity index (χ4v) is 1.47. The maximum atomic E-state index is 9.53. The average molecular weight is 194 g/mol. The van der Waals surface area contributed by atoms with Gasteiger partial charge in [-0.15, -0.1) is 0 Å². The van der Waals surface area contributed by atoms with E-state index in [1.165, 1.54) is 0 Å². The fourth-order valence-electron chi connectivity index (χ4n) is 1.47. The third-order valence-corrected chi connectivity index (χ3v) is 2.27. The maximum absolute atomic E-state index is 9.53. The molecule has 0 saturated carbocycles. The third-order valence-electron chi connectivity index (χ3n) is 2.27. The molecule has 2 nitrogen and oxygen atoms in total. The number of hydrogen-bond acceptors (Lipinski definition) is 1. The molecule has 0 unspecified atom stereocenters. The number of hydrogen-bond donors (Lipinski definition) is 1. The largest absolute Gasteiger partial charge is 0.508 e. The molecule has 14 heavy (non-hydrogen) atoms. The van der Waals surface area contributed by atoms with Crippen molar-refractivity contribution in [2.75, 3.05) is 27.7 Å². The Morgan fingerprint density at radius 2 is 1.79 bits per heavy atom. The van der Waals surface area contributed by atoms with Gasteiger partial charge in [-0.3, -0.25) is 0 Å². The van der Waals surface area contributed by atoms with Crippen LogP contribution in [-0.4, -0.2) is 37.3 Å². The number of quaternary nitrogens is 1. The summed E-state index contributed by atoms with van der Waals surface area (Å²) in [5.74, 6) is 0.425. The highest BCUT2D eigenvalue weighted by atomic mass is 16.3. The Morgan fingerprint density at radius 1 is 1.14 bits per heavy atom. The van der Waals surface area contributed by atoms with E-state index < -0.39 is 0 Å². The molecule has 0 radical (unpaired) electrons. The van der Waals surface area contributed by atoms with Crippen LogP contribution in [0, 0.1) is 0 Å². The minimum Gasteiger partial charge on any atom is -0.508 e. The van der Waals surface area contributed by atoms with Crippen LogP contribution in [0.3, 0.4) is 0 Å². The van der Waals surface area contributed by atoms with Crippen molar-refractivity contribution in [2.45, 2.75) is 12.8 Å². The van der Waals surface area contributed by atoms with Gasteiger partial charge in [-0.05, 0) is 18.1 Å². The first kappa shape index (κ1) is 11.1. The zero-order valence-corrected chi connectivity index (χ0v) is 9.33. The number of phenolic OH excluding ortho intramolecular Hbond substituents is 1. The third kappa shape index (κ3) is 3.79. The predicted molar refractivity (Wildman–Crippen MR) is 59.3 cm³/mol. The van der Waals surface area contributed by atoms with Gasteiger partial charge in [0.2, 0.25) is 0 Å². The number of para-hydroxylation sites is 1. The Kier molecular flexibility index (Phi) is 3.53. The summed E-state index contributed by atoms with van der Waals surface area (Å²) in [6.45, 7) is 1.13. The molecule has 0 atom stereocenters. The van der Waals surface area contributed by atoms with E-state index >= 15 is 0 Å². The number of aromatic hydroxyl groups is 1. The highest BCUT2D eigenvalue weighted by Crippen LogP contribution is 2.17. The van der Waals surface area contributed by atoms with Gasteiger partial charge in [0.15, 0.2) is 0 Å². The summed E-state index contributed by atoms with van der Waals surface area (Å²) in [5, 5.41) is 9.53. The first-order valence-corrected chi connectivity index (χ1v) is 5.06. The van der Waals surface area contributed by atoms with Crippen LogP contribution < -0.4 is 0 Å².